The Labute approximate surface area is 126 Å². The molecule has 21 heavy (non-hydrogen) atoms. The minimum Gasteiger partial charge on any atom is -0.378 e. The molecule has 1 fully saturated rings. The van der Waals surface area contributed by atoms with E-state index in [2.05, 4.69) is 66.2 Å². The van der Waals surface area contributed by atoms with E-state index in [0.717, 1.165) is 26.3 Å². The molecular formula is C17H23N3O. The quantitative estimate of drug-likeness (QED) is 0.782. The van der Waals surface area contributed by atoms with Gasteiger partial charge in [0.25, 0.3) is 0 Å². The molecule has 2 heterocycles. The number of ether oxygens (including phenoxy) is 1. The van der Waals surface area contributed by atoms with Crippen LogP contribution in [0.25, 0.3) is 0 Å². The monoisotopic (exact) mass is 285 g/mol. The molecule has 0 spiro atoms. The Kier molecular flexibility index (Phi) is 3.72. The fourth-order valence-corrected chi connectivity index (χ4v) is 3.17. The number of nitrogens with zero attached hydrogens (tertiary/aromatic N) is 3. The Balaban J connectivity index is 1.82. The van der Waals surface area contributed by atoms with Gasteiger partial charge in [-0.05, 0) is 17.7 Å². The van der Waals surface area contributed by atoms with E-state index in [9.17, 15) is 0 Å². The highest BCUT2D eigenvalue weighted by Crippen LogP contribution is 2.46. The first-order chi connectivity index (χ1) is 10.1. The molecule has 1 saturated heterocycles. The third-order valence-corrected chi connectivity index (χ3v) is 4.39. The van der Waals surface area contributed by atoms with Crippen LogP contribution in [0.3, 0.4) is 0 Å². The molecule has 0 aromatic heterocycles. The van der Waals surface area contributed by atoms with Gasteiger partial charge < -0.3 is 9.64 Å². The van der Waals surface area contributed by atoms with Crippen LogP contribution in [0, 0.1) is 0 Å². The topological polar surface area (TPSA) is 28.1 Å². The van der Waals surface area contributed by atoms with E-state index in [1.165, 1.54) is 16.9 Å². The number of hydrogen-bond donors (Lipinski definition) is 0. The number of benzene rings is 1. The summed E-state index contributed by atoms with van der Waals surface area (Å²) in [6, 6.07) is 8.60. The van der Waals surface area contributed by atoms with Gasteiger partial charge >= 0.3 is 0 Å². The summed E-state index contributed by atoms with van der Waals surface area (Å²) in [5, 5.41) is 6.60. The van der Waals surface area contributed by atoms with Crippen molar-refractivity contribution in [2.45, 2.75) is 19.3 Å². The van der Waals surface area contributed by atoms with Crippen molar-refractivity contribution in [3.05, 3.63) is 41.6 Å². The molecule has 0 bridgehead atoms. The smallest absolute Gasteiger partial charge is 0.0659 e. The van der Waals surface area contributed by atoms with Crippen LogP contribution in [0.15, 0.2) is 41.1 Å². The summed E-state index contributed by atoms with van der Waals surface area (Å²) in [7, 11) is 2.13. The van der Waals surface area contributed by atoms with E-state index in [1.807, 2.05) is 6.21 Å². The number of fused-ring (bicyclic) bond motifs is 1. The molecule has 4 nitrogen and oxygen atoms in total. The molecule has 0 N–H and O–H groups in total. The number of rotatable bonds is 2. The molecule has 0 saturated carbocycles. The maximum Gasteiger partial charge on any atom is 0.0659 e. The van der Waals surface area contributed by atoms with Crippen LogP contribution < -0.4 is 4.90 Å². The van der Waals surface area contributed by atoms with Crippen molar-refractivity contribution in [2.75, 3.05) is 38.3 Å². The first-order valence-electron chi connectivity index (χ1n) is 7.51. The Morgan fingerprint density at radius 1 is 1.19 bits per heavy atom. The van der Waals surface area contributed by atoms with E-state index >= 15 is 0 Å². The van der Waals surface area contributed by atoms with Gasteiger partial charge in [0.2, 0.25) is 0 Å². The van der Waals surface area contributed by atoms with Crippen molar-refractivity contribution in [2.24, 2.45) is 5.10 Å². The van der Waals surface area contributed by atoms with Gasteiger partial charge in [-0.15, -0.1) is 0 Å². The molecule has 4 heteroatoms. The van der Waals surface area contributed by atoms with Gasteiger partial charge in [-0.1, -0.05) is 32.0 Å². The summed E-state index contributed by atoms with van der Waals surface area (Å²) < 4.78 is 5.33. The van der Waals surface area contributed by atoms with Crippen molar-refractivity contribution in [3.8, 4) is 0 Å². The van der Waals surface area contributed by atoms with E-state index in [-0.39, 0.29) is 5.41 Å². The van der Waals surface area contributed by atoms with Crippen LogP contribution in [-0.4, -0.2) is 44.6 Å². The Morgan fingerprint density at radius 2 is 1.90 bits per heavy atom. The minimum atomic E-state index is 0.0162. The van der Waals surface area contributed by atoms with Gasteiger partial charge in [0, 0.05) is 30.1 Å². The molecule has 0 radical (unpaired) electrons. The lowest BCUT2D eigenvalue weighted by molar-refractivity contribution is 0.0397. The number of hydrogen-bond acceptors (Lipinski definition) is 4. The first-order valence-corrected chi connectivity index (χ1v) is 7.51. The third kappa shape index (κ3) is 2.56. The van der Waals surface area contributed by atoms with Crippen molar-refractivity contribution in [1.82, 2.24) is 5.01 Å². The van der Waals surface area contributed by atoms with Crippen LogP contribution in [-0.2, 0) is 10.2 Å². The van der Waals surface area contributed by atoms with Gasteiger partial charge in [-0.2, -0.15) is 5.10 Å². The number of morpholine rings is 1. The van der Waals surface area contributed by atoms with Crippen LogP contribution in [0.5, 0.6) is 0 Å². The van der Waals surface area contributed by atoms with Crippen LogP contribution in [0.1, 0.15) is 19.4 Å². The molecule has 112 valence electrons. The summed E-state index contributed by atoms with van der Waals surface area (Å²) in [4.78, 5) is 2.26. The predicted octanol–water partition coefficient (Wildman–Crippen LogP) is 2.62. The number of allylic oxidation sites excluding steroid dienone is 2. The Hall–Kier alpha value is -1.81. The number of likely N-dealkylation sites (N-methyl/N-ethyl adjacent to an activating group) is 1. The Morgan fingerprint density at radius 3 is 2.62 bits per heavy atom. The third-order valence-electron chi connectivity index (χ3n) is 4.39. The second-order valence-electron chi connectivity index (χ2n) is 6.08. The molecule has 0 amide bonds. The molecule has 2 aliphatic rings. The molecule has 3 rings (SSSR count). The van der Waals surface area contributed by atoms with E-state index in [1.54, 1.807) is 0 Å². The van der Waals surface area contributed by atoms with E-state index < -0.39 is 0 Å². The molecule has 2 aliphatic heterocycles. The number of anilines is 1. The van der Waals surface area contributed by atoms with Gasteiger partial charge in [0.15, 0.2) is 0 Å². The van der Waals surface area contributed by atoms with Crippen molar-refractivity contribution >= 4 is 11.9 Å². The highest BCUT2D eigenvalue weighted by atomic mass is 16.5. The first kappa shape index (κ1) is 14.1. The largest absolute Gasteiger partial charge is 0.378 e. The van der Waals surface area contributed by atoms with Crippen molar-refractivity contribution < 1.29 is 4.74 Å². The summed E-state index contributed by atoms with van der Waals surface area (Å²) in [6.07, 6.45) is 4.06. The molecule has 0 atom stereocenters. The molecule has 0 unspecified atom stereocenters. The SMILES string of the molecule is CN1/C(=C\C=N/N2CCOCC2)C(C)(C)c2ccccc21. The molecular weight excluding hydrogens is 262 g/mol. The average Bonchev–Trinajstić information content (AvgIpc) is 2.70. The second kappa shape index (κ2) is 5.53. The lowest BCUT2D eigenvalue weighted by Gasteiger charge is -2.25. The summed E-state index contributed by atoms with van der Waals surface area (Å²) >= 11 is 0. The zero-order valence-electron chi connectivity index (χ0n) is 13.0. The van der Waals surface area contributed by atoms with Crippen molar-refractivity contribution in [3.63, 3.8) is 0 Å². The second-order valence-corrected chi connectivity index (χ2v) is 6.08. The van der Waals surface area contributed by atoms with Crippen LogP contribution in [0.2, 0.25) is 0 Å². The Bertz CT molecular complexity index is 571. The van der Waals surface area contributed by atoms with Gasteiger partial charge in [0.1, 0.15) is 0 Å². The standard InChI is InChI=1S/C17H23N3O/c1-17(2)14-6-4-5-7-15(14)19(3)16(17)8-9-18-20-10-12-21-13-11-20/h4-9H,10-13H2,1-3H3/b16-8-,18-9-. The summed E-state index contributed by atoms with van der Waals surface area (Å²) in [6.45, 7) is 7.82. The maximum absolute atomic E-state index is 5.33. The fourth-order valence-electron chi connectivity index (χ4n) is 3.17. The van der Waals surface area contributed by atoms with Crippen LogP contribution >= 0.6 is 0 Å². The lowest BCUT2D eigenvalue weighted by atomic mass is 9.84. The van der Waals surface area contributed by atoms with Gasteiger partial charge in [0.05, 0.1) is 26.3 Å². The van der Waals surface area contributed by atoms with E-state index in [0.29, 0.717) is 0 Å². The van der Waals surface area contributed by atoms with E-state index in [4.69, 9.17) is 4.74 Å². The van der Waals surface area contributed by atoms with Gasteiger partial charge in [-0.25, -0.2) is 0 Å². The number of para-hydroxylation sites is 1. The minimum absolute atomic E-state index is 0.0162. The molecule has 1 aromatic carbocycles. The highest BCUT2D eigenvalue weighted by Gasteiger charge is 2.37. The molecule has 0 aliphatic carbocycles. The average molecular weight is 285 g/mol. The summed E-state index contributed by atoms with van der Waals surface area (Å²) in [5.41, 5.74) is 3.95. The summed E-state index contributed by atoms with van der Waals surface area (Å²) in [5.74, 6) is 0. The lowest BCUT2D eigenvalue weighted by Crippen LogP contribution is -2.32. The normalized spacial score (nSPS) is 23.1. The van der Waals surface area contributed by atoms with Crippen LogP contribution in [0.4, 0.5) is 5.69 Å². The maximum atomic E-state index is 5.33. The van der Waals surface area contributed by atoms with Gasteiger partial charge in [-0.3, -0.25) is 5.01 Å². The zero-order chi connectivity index (χ0) is 14.9. The highest BCUT2D eigenvalue weighted by molar-refractivity contribution is 5.79. The predicted molar refractivity (Wildman–Crippen MR) is 86.8 cm³/mol. The zero-order valence-corrected chi connectivity index (χ0v) is 13.0. The van der Waals surface area contributed by atoms with Crippen molar-refractivity contribution in [1.29, 1.82) is 0 Å². The fraction of sp³-hybridized carbons (Fsp3) is 0.471. The molecule has 1 aromatic rings. The number of hydrazone groups is 1.